The van der Waals surface area contributed by atoms with Crippen LogP contribution in [0.5, 0.6) is 0 Å². The number of anilines is 2. The minimum Gasteiger partial charge on any atom is -0.355 e. The van der Waals surface area contributed by atoms with E-state index < -0.39 is 0 Å². The van der Waals surface area contributed by atoms with E-state index in [0.717, 1.165) is 47.0 Å². The van der Waals surface area contributed by atoms with Gasteiger partial charge in [-0.15, -0.1) is 10.2 Å². The molecule has 5 nitrogen and oxygen atoms in total. The third-order valence-electron chi connectivity index (χ3n) is 6.45. The maximum Gasteiger partial charge on any atom is 0.228 e. The Morgan fingerprint density at radius 2 is 1.43 bits per heavy atom. The lowest BCUT2D eigenvalue weighted by Gasteiger charge is -2.20. The van der Waals surface area contributed by atoms with E-state index in [4.69, 9.17) is 0 Å². The molecule has 1 aliphatic rings. The number of aromatic nitrogens is 2. The molecule has 1 amide bonds. The molecule has 4 aromatic rings. The average Bonchev–Trinajstić information content (AvgIpc) is 3.20. The highest BCUT2D eigenvalue weighted by Crippen LogP contribution is 2.24. The van der Waals surface area contributed by atoms with Crippen LogP contribution in [0.3, 0.4) is 0 Å². The second-order valence-electron chi connectivity index (χ2n) is 9.05. The van der Waals surface area contributed by atoms with Crippen LogP contribution in [-0.2, 0) is 11.2 Å². The largest absolute Gasteiger partial charge is 0.355 e. The molecule has 0 atom stereocenters. The van der Waals surface area contributed by atoms with E-state index in [2.05, 4.69) is 50.7 Å². The fraction of sp³-hybridized carbons (Fsp3) is 0.233. The molecular formula is C30H30N4O. The van der Waals surface area contributed by atoms with Crippen LogP contribution in [0.2, 0.25) is 0 Å². The van der Waals surface area contributed by atoms with Gasteiger partial charge in [-0.25, -0.2) is 0 Å². The van der Waals surface area contributed by atoms with Gasteiger partial charge in [0.05, 0.1) is 12.1 Å². The highest BCUT2D eigenvalue weighted by molar-refractivity contribution is 5.93. The zero-order valence-corrected chi connectivity index (χ0v) is 19.9. The van der Waals surface area contributed by atoms with E-state index in [1.54, 1.807) is 0 Å². The van der Waals surface area contributed by atoms with Crippen molar-refractivity contribution >= 4 is 17.4 Å². The minimum atomic E-state index is -0.0443. The molecule has 1 fully saturated rings. The molecule has 0 unspecified atom stereocenters. The third-order valence-corrected chi connectivity index (χ3v) is 6.45. The number of nitrogens with one attached hydrogen (secondary N) is 1. The van der Waals surface area contributed by atoms with E-state index in [1.165, 1.54) is 31.2 Å². The molecule has 2 heterocycles. The van der Waals surface area contributed by atoms with Crippen LogP contribution in [0.25, 0.3) is 22.4 Å². The van der Waals surface area contributed by atoms with Crippen molar-refractivity contribution in [1.82, 2.24) is 10.2 Å². The Morgan fingerprint density at radius 1 is 0.714 bits per heavy atom. The molecule has 1 aromatic heterocycles. The number of hydrogen-bond acceptors (Lipinski definition) is 4. The lowest BCUT2D eigenvalue weighted by atomic mass is 10.0. The lowest BCUT2D eigenvalue weighted by molar-refractivity contribution is -0.115. The molecule has 1 saturated heterocycles. The highest BCUT2D eigenvalue weighted by Gasteiger charge is 2.12. The number of amides is 1. The van der Waals surface area contributed by atoms with Crippen molar-refractivity contribution < 1.29 is 4.79 Å². The van der Waals surface area contributed by atoms with Crippen LogP contribution < -0.4 is 10.2 Å². The van der Waals surface area contributed by atoms with E-state index in [1.807, 2.05) is 60.7 Å². The molecule has 5 rings (SSSR count). The number of nitrogens with zero attached hydrogens (tertiary/aromatic N) is 3. The molecule has 0 saturated carbocycles. The van der Waals surface area contributed by atoms with Gasteiger partial charge in [-0.05, 0) is 53.8 Å². The summed E-state index contributed by atoms with van der Waals surface area (Å²) in [6.07, 6.45) is 5.33. The van der Waals surface area contributed by atoms with Crippen LogP contribution in [0, 0.1) is 0 Å². The Hall–Kier alpha value is -3.99. The minimum absolute atomic E-state index is 0.0443. The molecule has 0 radical (unpaired) electrons. The van der Waals surface area contributed by atoms with Crippen molar-refractivity contribution in [3.8, 4) is 22.4 Å². The topological polar surface area (TPSA) is 58.1 Å². The summed E-state index contributed by atoms with van der Waals surface area (Å²) in [6.45, 7) is 2.09. The van der Waals surface area contributed by atoms with Gasteiger partial charge in [0.25, 0.3) is 0 Å². The second kappa shape index (κ2) is 11.0. The fourth-order valence-electron chi connectivity index (χ4n) is 4.54. The van der Waals surface area contributed by atoms with Crippen molar-refractivity contribution in [3.05, 3.63) is 96.6 Å². The first-order valence-corrected chi connectivity index (χ1v) is 12.4. The maximum absolute atomic E-state index is 12.7. The second-order valence-corrected chi connectivity index (χ2v) is 9.05. The van der Waals surface area contributed by atoms with Crippen LogP contribution in [0.4, 0.5) is 11.5 Å². The first kappa shape index (κ1) is 22.8. The van der Waals surface area contributed by atoms with Gasteiger partial charge in [-0.1, -0.05) is 79.6 Å². The average molecular weight is 463 g/mol. The summed E-state index contributed by atoms with van der Waals surface area (Å²) in [5.41, 5.74) is 5.79. The third kappa shape index (κ3) is 5.93. The van der Waals surface area contributed by atoms with Crippen molar-refractivity contribution in [1.29, 1.82) is 0 Å². The summed E-state index contributed by atoms with van der Waals surface area (Å²) >= 11 is 0. The first-order valence-electron chi connectivity index (χ1n) is 12.4. The Kier molecular flexibility index (Phi) is 7.13. The number of carbonyl (C=O) groups excluding carboxylic acids is 1. The van der Waals surface area contributed by atoms with E-state index >= 15 is 0 Å². The molecule has 5 heteroatoms. The standard InChI is InChI=1S/C30H30N4O/c35-30(21-23-13-15-25(16-14-23)24-9-4-3-5-10-24)31-27-12-8-11-26(22-27)28-17-18-29(33-32-28)34-19-6-1-2-7-20-34/h3-5,8-18,22H,1-2,6-7,19-21H2,(H,31,35). The predicted molar refractivity (Wildman–Crippen MR) is 142 cm³/mol. The fourth-order valence-corrected chi connectivity index (χ4v) is 4.54. The van der Waals surface area contributed by atoms with Gasteiger partial charge < -0.3 is 10.2 Å². The van der Waals surface area contributed by atoms with Gasteiger partial charge in [-0.2, -0.15) is 0 Å². The number of carbonyl (C=O) groups is 1. The molecule has 0 spiro atoms. The van der Waals surface area contributed by atoms with Crippen LogP contribution >= 0.6 is 0 Å². The molecule has 0 bridgehead atoms. The smallest absolute Gasteiger partial charge is 0.228 e. The monoisotopic (exact) mass is 462 g/mol. The first-order chi connectivity index (χ1) is 17.2. The lowest BCUT2D eigenvalue weighted by Crippen LogP contribution is -2.25. The Morgan fingerprint density at radius 3 is 2.14 bits per heavy atom. The molecule has 3 aromatic carbocycles. The summed E-state index contributed by atoms with van der Waals surface area (Å²) in [7, 11) is 0. The molecule has 1 aliphatic heterocycles. The number of benzene rings is 3. The zero-order valence-electron chi connectivity index (χ0n) is 19.9. The molecule has 35 heavy (non-hydrogen) atoms. The van der Waals surface area contributed by atoms with Crippen molar-refractivity contribution in [2.45, 2.75) is 32.1 Å². The zero-order chi connectivity index (χ0) is 23.9. The highest BCUT2D eigenvalue weighted by atomic mass is 16.1. The summed E-state index contributed by atoms with van der Waals surface area (Å²) in [5, 5.41) is 12.0. The number of hydrogen-bond donors (Lipinski definition) is 1. The Bertz CT molecular complexity index is 1250. The molecule has 176 valence electrons. The predicted octanol–water partition coefficient (Wildman–Crippen LogP) is 6.37. The van der Waals surface area contributed by atoms with Gasteiger partial charge in [0.1, 0.15) is 0 Å². The van der Waals surface area contributed by atoms with Gasteiger partial charge in [-0.3, -0.25) is 4.79 Å². The maximum atomic E-state index is 12.7. The van der Waals surface area contributed by atoms with Crippen LogP contribution in [-0.4, -0.2) is 29.2 Å². The number of rotatable bonds is 6. The van der Waals surface area contributed by atoms with Crippen molar-refractivity contribution in [2.24, 2.45) is 0 Å². The van der Waals surface area contributed by atoms with Crippen LogP contribution in [0.15, 0.2) is 91.0 Å². The molecule has 0 aliphatic carbocycles. The normalized spacial score (nSPS) is 13.8. The summed E-state index contributed by atoms with van der Waals surface area (Å²) in [4.78, 5) is 15.0. The summed E-state index contributed by atoms with van der Waals surface area (Å²) in [5.74, 6) is 0.899. The van der Waals surface area contributed by atoms with Gasteiger partial charge in [0.15, 0.2) is 5.82 Å². The molecular weight excluding hydrogens is 432 g/mol. The summed E-state index contributed by atoms with van der Waals surface area (Å²) < 4.78 is 0. The van der Waals surface area contributed by atoms with E-state index in [-0.39, 0.29) is 5.91 Å². The van der Waals surface area contributed by atoms with Crippen LogP contribution in [0.1, 0.15) is 31.2 Å². The molecule has 1 N–H and O–H groups in total. The Labute approximate surface area is 206 Å². The van der Waals surface area contributed by atoms with Gasteiger partial charge >= 0.3 is 0 Å². The summed E-state index contributed by atoms with van der Waals surface area (Å²) in [6, 6.07) is 30.2. The van der Waals surface area contributed by atoms with E-state index in [9.17, 15) is 4.79 Å². The SMILES string of the molecule is O=C(Cc1ccc(-c2ccccc2)cc1)Nc1cccc(-c2ccc(N3CCCCCC3)nn2)c1. The Balaban J connectivity index is 1.21. The van der Waals surface area contributed by atoms with E-state index in [0.29, 0.717) is 6.42 Å². The quantitative estimate of drug-likeness (QED) is 0.362. The van der Waals surface area contributed by atoms with Gasteiger partial charge in [0.2, 0.25) is 5.91 Å². The van der Waals surface area contributed by atoms with Gasteiger partial charge in [0, 0.05) is 24.3 Å². The van der Waals surface area contributed by atoms with Crippen molar-refractivity contribution in [3.63, 3.8) is 0 Å². The van der Waals surface area contributed by atoms with Crippen molar-refractivity contribution in [2.75, 3.05) is 23.3 Å².